The third-order valence-corrected chi connectivity index (χ3v) is 5.36. The van der Waals surface area contributed by atoms with Crippen LogP contribution >= 0.6 is 0 Å². The van der Waals surface area contributed by atoms with E-state index in [9.17, 15) is 19.2 Å². The van der Waals surface area contributed by atoms with Crippen LogP contribution in [0.4, 0.5) is 4.79 Å². The van der Waals surface area contributed by atoms with Crippen LogP contribution < -0.4 is 5.32 Å². The third kappa shape index (κ3) is 23.8. The number of rotatable bonds is 19. The molecule has 2 amide bonds. The zero-order valence-corrected chi connectivity index (χ0v) is 24.2. The SMILES string of the molecule is CC(C)(C)OC(=O)CCCCCCCCCCCCCCNC(=O)CN(CC(=O)O)C(=O)OC(C)(C)C. The number of carbonyl (C=O) groups is 4. The Kier molecular flexibility index (Phi) is 17.7. The smallest absolute Gasteiger partial charge is 0.411 e. The van der Waals surface area contributed by atoms with E-state index in [4.69, 9.17) is 14.6 Å². The van der Waals surface area contributed by atoms with Gasteiger partial charge in [0.25, 0.3) is 0 Å². The van der Waals surface area contributed by atoms with E-state index in [1.54, 1.807) is 20.8 Å². The van der Waals surface area contributed by atoms with Crippen molar-refractivity contribution in [3.63, 3.8) is 0 Å². The number of nitrogens with zero attached hydrogens (tertiary/aromatic N) is 1. The van der Waals surface area contributed by atoms with Gasteiger partial charge in [-0.1, -0.05) is 64.2 Å². The Bertz CT molecular complexity index is 681. The Morgan fingerprint density at radius 3 is 1.51 bits per heavy atom. The second kappa shape index (κ2) is 18.9. The number of hydrogen-bond acceptors (Lipinski definition) is 6. The number of aliphatic carboxylic acids is 1. The molecule has 0 saturated carbocycles. The van der Waals surface area contributed by atoms with Crippen molar-refractivity contribution < 1.29 is 33.8 Å². The summed E-state index contributed by atoms with van der Waals surface area (Å²) in [5.74, 6) is -1.69. The Balaban J connectivity index is 3.69. The monoisotopic (exact) mass is 528 g/mol. The standard InChI is InChI=1S/C28H52N2O7/c1-27(2,3)36-25(34)19-17-15-13-11-9-7-8-10-12-14-16-18-20-29-23(31)21-30(22-24(32)33)26(35)37-28(4,5)6/h7-22H2,1-6H3,(H,29,31)(H,32,33). The normalized spacial score (nSPS) is 11.6. The summed E-state index contributed by atoms with van der Waals surface area (Å²) in [6.45, 7) is 10.3. The number of carboxylic acids is 1. The number of carbonyl (C=O) groups excluding carboxylic acids is 3. The van der Waals surface area contributed by atoms with Crippen molar-refractivity contribution in [3.8, 4) is 0 Å². The summed E-state index contributed by atoms with van der Waals surface area (Å²) >= 11 is 0. The molecule has 0 aromatic heterocycles. The molecule has 0 spiro atoms. The Labute approximate surface area is 224 Å². The largest absolute Gasteiger partial charge is 0.480 e. The van der Waals surface area contributed by atoms with Gasteiger partial charge in [0.1, 0.15) is 24.3 Å². The van der Waals surface area contributed by atoms with E-state index in [2.05, 4.69) is 5.32 Å². The molecule has 0 fully saturated rings. The van der Waals surface area contributed by atoms with Gasteiger partial charge in [0.15, 0.2) is 0 Å². The van der Waals surface area contributed by atoms with E-state index in [0.717, 1.165) is 37.0 Å². The molecule has 0 unspecified atom stereocenters. The maximum absolute atomic E-state index is 12.1. The molecule has 0 radical (unpaired) electrons. The summed E-state index contributed by atoms with van der Waals surface area (Å²) in [6.07, 6.45) is 13.1. The first-order valence-electron chi connectivity index (χ1n) is 13.9. The van der Waals surface area contributed by atoms with Crippen molar-refractivity contribution in [2.75, 3.05) is 19.6 Å². The molecule has 9 nitrogen and oxygen atoms in total. The van der Waals surface area contributed by atoms with E-state index < -0.39 is 35.7 Å². The van der Waals surface area contributed by atoms with Gasteiger partial charge in [0.05, 0.1) is 0 Å². The average molecular weight is 529 g/mol. The summed E-state index contributed by atoms with van der Waals surface area (Å²) in [5, 5.41) is 11.8. The van der Waals surface area contributed by atoms with Gasteiger partial charge in [-0.25, -0.2) is 4.79 Å². The molecule has 0 aromatic rings. The molecule has 0 rings (SSSR count). The molecule has 0 aliphatic carbocycles. The third-order valence-electron chi connectivity index (χ3n) is 5.36. The Morgan fingerprint density at radius 2 is 1.08 bits per heavy atom. The van der Waals surface area contributed by atoms with Gasteiger partial charge in [-0.05, 0) is 54.4 Å². The van der Waals surface area contributed by atoms with Crippen molar-refractivity contribution in [3.05, 3.63) is 0 Å². The Morgan fingerprint density at radius 1 is 0.649 bits per heavy atom. The summed E-state index contributed by atoms with van der Waals surface area (Å²) in [5.41, 5.74) is -1.17. The molecule has 0 aliphatic rings. The van der Waals surface area contributed by atoms with Gasteiger partial charge >= 0.3 is 18.0 Å². The lowest BCUT2D eigenvalue weighted by Gasteiger charge is -2.26. The van der Waals surface area contributed by atoms with Crippen LogP contribution in [0.5, 0.6) is 0 Å². The minimum absolute atomic E-state index is 0.101. The lowest BCUT2D eigenvalue weighted by atomic mass is 10.0. The first-order valence-corrected chi connectivity index (χ1v) is 13.9. The number of amides is 2. The first-order chi connectivity index (χ1) is 17.2. The van der Waals surface area contributed by atoms with Gasteiger partial charge in [-0.15, -0.1) is 0 Å². The lowest BCUT2D eigenvalue weighted by Crippen LogP contribution is -2.45. The van der Waals surface area contributed by atoms with Crippen LogP contribution in [0.25, 0.3) is 0 Å². The predicted molar refractivity (Wildman–Crippen MR) is 144 cm³/mol. The molecular formula is C28H52N2O7. The van der Waals surface area contributed by atoms with Crippen molar-refractivity contribution >= 4 is 23.9 Å². The van der Waals surface area contributed by atoms with Crippen molar-refractivity contribution in [1.29, 1.82) is 0 Å². The highest BCUT2D eigenvalue weighted by Crippen LogP contribution is 2.14. The quantitative estimate of drug-likeness (QED) is 0.160. The molecule has 9 heteroatoms. The second-order valence-corrected chi connectivity index (χ2v) is 11.7. The predicted octanol–water partition coefficient (Wildman–Crippen LogP) is 5.84. The van der Waals surface area contributed by atoms with E-state index in [-0.39, 0.29) is 12.5 Å². The molecule has 0 bridgehead atoms. The van der Waals surface area contributed by atoms with Crippen LogP contribution in [0.15, 0.2) is 0 Å². The van der Waals surface area contributed by atoms with Gasteiger partial charge in [0.2, 0.25) is 5.91 Å². The fourth-order valence-electron chi connectivity index (χ4n) is 3.69. The van der Waals surface area contributed by atoms with Crippen molar-refractivity contribution in [1.82, 2.24) is 10.2 Å². The number of hydrogen-bond donors (Lipinski definition) is 2. The fraction of sp³-hybridized carbons (Fsp3) is 0.857. The second-order valence-electron chi connectivity index (χ2n) is 11.7. The first kappa shape index (κ1) is 34.7. The van der Waals surface area contributed by atoms with Crippen LogP contribution in [-0.4, -0.2) is 64.8 Å². The molecule has 0 heterocycles. The van der Waals surface area contributed by atoms with Crippen LogP contribution in [0.3, 0.4) is 0 Å². The van der Waals surface area contributed by atoms with Crippen LogP contribution in [-0.2, 0) is 23.9 Å². The molecule has 216 valence electrons. The van der Waals surface area contributed by atoms with Gasteiger partial charge in [0, 0.05) is 13.0 Å². The lowest BCUT2D eigenvalue weighted by molar-refractivity contribution is -0.155. The molecule has 2 N–H and O–H groups in total. The zero-order chi connectivity index (χ0) is 28.3. The van der Waals surface area contributed by atoms with Crippen molar-refractivity contribution in [2.45, 2.75) is 136 Å². The molecule has 0 atom stereocenters. The topological polar surface area (TPSA) is 122 Å². The average Bonchev–Trinajstić information content (AvgIpc) is 2.73. The zero-order valence-electron chi connectivity index (χ0n) is 24.2. The van der Waals surface area contributed by atoms with E-state index in [0.29, 0.717) is 13.0 Å². The summed E-state index contributed by atoms with van der Waals surface area (Å²) in [4.78, 5) is 47.8. The highest BCUT2D eigenvalue weighted by molar-refractivity contribution is 5.84. The fourth-order valence-corrected chi connectivity index (χ4v) is 3.69. The van der Waals surface area contributed by atoms with E-state index in [1.807, 2.05) is 20.8 Å². The van der Waals surface area contributed by atoms with Crippen LogP contribution in [0, 0.1) is 0 Å². The Hall–Kier alpha value is -2.32. The summed E-state index contributed by atoms with van der Waals surface area (Å²) in [7, 11) is 0. The number of unbranched alkanes of at least 4 members (excludes halogenated alkanes) is 11. The number of nitrogens with one attached hydrogen (secondary N) is 1. The highest BCUT2D eigenvalue weighted by Gasteiger charge is 2.25. The number of ether oxygens (including phenoxy) is 2. The number of esters is 1. The van der Waals surface area contributed by atoms with E-state index >= 15 is 0 Å². The van der Waals surface area contributed by atoms with Crippen molar-refractivity contribution in [2.24, 2.45) is 0 Å². The van der Waals surface area contributed by atoms with Gasteiger partial charge in [-0.3, -0.25) is 19.3 Å². The van der Waals surface area contributed by atoms with Gasteiger partial charge in [-0.2, -0.15) is 0 Å². The van der Waals surface area contributed by atoms with E-state index in [1.165, 1.54) is 44.9 Å². The molecule has 0 aromatic carbocycles. The minimum atomic E-state index is -1.20. The highest BCUT2D eigenvalue weighted by atomic mass is 16.6. The molecule has 0 aliphatic heterocycles. The maximum Gasteiger partial charge on any atom is 0.411 e. The molecule has 37 heavy (non-hydrogen) atoms. The number of carboxylic acid groups (broad SMARTS) is 1. The molecular weight excluding hydrogens is 476 g/mol. The summed E-state index contributed by atoms with van der Waals surface area (Å²) < 4.78 is 10.5. The van der Waals surface area contributed by atoms with Crippen LogP contribution in [0.1, 0.15) is 125 Å². The summed E-state index contributed by atoms with van der Waals surface area (Å²) in [6, 6.07) is 0. The van der Waals surface area contributed by atoms with Gasteiger partial charge < -0.3 is 19.9 Å². The maximum atomic E-state index is 12.1. The molecule has 0 saturated heterocycles. The minimum Gasteiger partial charge on any atom is -0.480 e. The van der Waals surface area contributed by atoms with Crippen LogP contribution in [0.2, 0.25) is 0 Å².